The number of anilines is 1. The van der Waals surface area contributed by atoms with Crippen LogP contribution in [0.25, 0.3) is 22.6 Å². The number of furan rings is 1. The van der Waals surface area contributed by atoms with Crippen molar-refractivity contribution in [2.24, 2.45) is 0 Å². The van der Waals surface area contributed by atoms with Gasteiger partial charge in [0.2, 0.25) is 5.95 Å². The summed E-state index contributed by atoms with van der Waals surface area (Å²) in [5.41, 5.74) is 3.31. The summed E-state index contributed by atoms with van der Waals surface area (Å²) in [5, 5.41) is 7.38. The third-order valence-corrected chi connectivity index (χ3v) is 4.17. The maximum Gasteiger partial charge on any atom is 0.223 e. The first-order chi connectivity index (χ1) is 11.3. The van der Waals surface area contributed by atoms with E-state index in [1.165, 1.54) is 25.7 Å². The maximum atomic E-state index is 5.38. The fourth-order valence-electron chi connectivity index (χ4n) is 2.99. The summed E-state index contributed by atoms with van der Waals surface area (Å²) in [6, 6.07) is 4.23. The molecule has 3 heterocycles. The average molecular weight is 310 g/mol. The van der Waals surface area contributed by atoms with E-state index in [-0.39, 0.29) is 0 Å². The Morgan fingerprint density at radius 3 is 2.83 bits per heavy atom. The van der Waals surface area contributed by atoms with Gasteiger partial charge in [0.25, 0.3) is 0 Å². The molecule has 0 unspecified atom stereocenters. The van der Waals surface area contributed by atoms with Crippen LogP contribution in [-0.4, -0.2) is 21.2 Å². The first-order valence-electron chi connectivity index (χ1n) is 7.89. The summed E-state index contributed by atoms with van der Waals surface area (Å²) in [6.45, 7) is 1.89. The first kappa shape index (κ1) is 14.0. The Kier molecular flexibility index (Phi) is 3.57. The van der Waals surface area contributed by atoms with Gasteiger partial charge in [-0.25, -0.2) is 9.97 Å². The van der Waals surface area contributed by atoms with E-state index in [0.717, 1.165) is 22.5 Å². The molecule has 1 aliphatic rings. The molecule has 1 N–H and O–H groups in total. The highest BCUT2D eigenvalue weighted by atomic mass is 16.5. The monoisotopic (exact) mass is 310 g/mol. The lowest BCUT2D eigenvalue weighted by Crippen LogP contribution is -2.16. The number of aromatic nitrogens is 3. The standard InChI is InChI=1S/C17H18N4O2/c1-11-8-15(23-21-11)14-9-18-17(19-13-4-2-3-5-13)20-16(14)12-6-7-22-10-12/h6-10,13H,2-5H2,1H3,(H,18,19,20). The molecule has 0 spiro atoms. The number of hydrogen-bond acceptors (Lipinski definition) is 6. The van der Waals surface area contributed by atoms with E-state index in [4.69, 9.17) is 13.9 Å². The molecule has 118 valence electrons. The highest BCUT2D eigenvalue weighted by Crippen LogP contribution is 2.32. The minimum Gasteiger partial charge on any atom is -0.472 e. The average Bonchev–Trinajstić information content (AvgIpc) is 3.29. The SMILES string of the molecule is Cc1cc(-c2cnc(NC3CCCC3)nc2-c2ccoc2)on1. The molecule has 23 heavy (non-hydrogen) atoms. The second-order valence-corrected chi connectivity index (χ2v) is 5.93. The summed E-state index contributed by atoms with van der Waals surface area (Å²) in [6.07, 6.45) is 9.97. The van der Waals surface area contributed by atoms with Crippen molar-refractivity contribution in [2.45, 2.75) is 38.6 Å². The number of aryl methyl sites for hydroxylation is 1. The summed E-state index contributed by atoms with van der Waals surface area (Å²) >= 11 is 0. The molecule has 3 aromatic rings. The molecule has 0 bridgehead atoms. The van der Waals surface area contributed by atoms with Crippen molar-refractivity contribution in [2.75, 3.05) is 5.32 Å². The first-order valence-corrected chi connectivity index (χ1v) is 7.89. The number of hydrogen-bond donors (Lipinski definition) is 1. The van der Waals surface area contributed by atoms with Crippen molar-refractivity contribution in [1.82, 2.24) is 15.1 Å². The van der Waals surface area contributed by atoms with Crippen LogP contribution in [-0.2, 0) is 0 Å². The van der Waals surface area contributed by atoms with E-state index >= 15 is 0 Å². The highest BCUT2D eigenvalue weighted by Gasteiger charge is 2.19. The van der Waals surface area contributed by atoms with Crippen LogP contribution in [0.15, 0.2) is 39.8 Å². The van der Waals surface area contributed by atoms with Gasteiger partial charge in [-0.1, -0.05) is 18.0 Å². The third kappa shape index (κ3) is 2.84. The quantitative estimate of drug-likeness (QED) is 0.783. The molecule has 3 aromatic heterocycles. The molecule has 0 amide bonds. The predicted molar refractivity (Wildman–Crippen MR) is 85.8 cm³/mol. The van der Waals surface area contributed by atoms with E-state index < -0.39 is 0 Å². The molecule has 6 heteroatoms. The number of rotatable bonds is 4. The van der Waals surface area contributed by atoms with E-state index in [9.17, 15) is 0 Å². The smallest absolute Gasteiger partial charge is 0.223 e. The van der Waals surface area contributed by atoms with Gasteiger partial charge in [0, 0.05) is 23.9 Å². The van der Waals surface area contributed by atoms with Crippen molar-refractivity contribution in [3.63, 3.8) is 0 Å². The topological polar surface area (TPSA) is 77.0 Å². The maximum absolute atomic E-state index is 5.38. The van der Waals surface area contributed by atoms with Crippen molar-refractivity contribution in [1.29, 1.82) is 0 Å². The summed E-state index contributed by atoms with van der Waals surface area (Å²) < 4.78 is 10.6. The Balaban J connectivity index is 1.73. The van der Waals surface area contributed by atoms with Crippen LogP contribution >= 0.6 is 0 Å². The summed E-state index contributed by atoms with van der Waals surface area (Å²) in [5.74, 6) is 1.30. The molecule has 6 nitrogen and oxygen atoms in total. The van der Waals surface area contributed by atoms with Crippen molar-refractivity contribution in [3.8, 4) is 22.6 Å². The Morgan fingerprint density at radius 1 is 1.26 bits per heavy atom. The number of nitrogens with zero attached hydrogens (tertiary/aromatic N) is 3. The van der Waals surface area contributed by atoms with Crippen molar-refractivity contribution in [3.05, 3.63) is 36.5 Å². The van der Waals surface area contributed by atoms with Crippen LogP contribution in [0.5, 0.6) is 0 Å². The highest BCUT2D eigenvalue weighted by molar-refractivity contribution is 5.77. The van der Waals surface area contributed by atoms with E-state index in [1.807, 2.05) is 19.1 Å². The van der Waals surface area contributed by atoms with E-state index in [2.05, 4.69) is 15.5 Å². The van der Waals surface area contributed by atoms with Gasteiger partial charge in [-0.3, -0.25) is 0 Å². The molecular weight excluding hydrogens is 292 g/mol. The fourth-order valence-corrected chi connectivity index (χ4v) is 2.99. The Labute approximate surface area is 133 Å². The molecule has 0 aromatic carbocycles. The Bertz CT molecular complexity index is 789. The lowest BCUT2D eigenvalue weighted by molar-refractivity contribution is 0.427. The van der Waals surface area contributed by atoms with E-state index in [1.54, 1.807) is 18.7 Å². The minimum atomic E-state index is 0.463. The van der Waals surface area contributed by atoms with Crippen LogP contribution in [0.4, 0.5) is 5.95 Å². The van der Waals surface area contributed by atoms with Crippen LogP contribution in [0.3, 0.4) is 0 Å². The minimum absolute atomic E-state index is 0.463. The van der Waals surface area contributed by atoms with Gasteiger partial charge in [-0.15, -0.1) is 0 Å². The second kappa shape index (κ2) is 5.87. The molecule has 1 saturated carbocycles. The van der Waals surface area contributed by atoms with Gasteiger partial charge in [0.05, 0.1) is 29.5 Å². The van der Waals surface area contributed by atoms with Crippen LogP contribution in [0, 0.1) is 6.92 Å². The third-order valence-electron chi connectivity index (χ3n) is 4.17. The van der Waals surface area contributed by atoms with E-state index in [0.29, 0.717) is 17.8 Å². The lowest BCUT2D eigenvalue weighted by Gasteiger charge is -2.13. The van der Waals surface area contributed by atoms with Gasteiger partial charge in [0.15, 0.2) is 5.76 Å². The zero-order valence-electron chi connectivity index (χ0n) is 13.0. The second-order valence-electron chi connectivity index (χ2n) is 5.93. The summed E-state index contributed by atoms with van der Waals surface area (Å²) in [7, 11) is 0. The molecule has 4 rings (SSSR count). The van der Waals surface area contributed by atoms with Crippen molar-refractivity contribution >= 4 is 5.95 Å². The van der Waals surface area contributed by atoms with Crippen LogP contribution in [0.2, 0.25) is 0 Å². The lowest BCUT2D eigenvalue weighted by atomic mass is 10.1. The Hall–Kier alpha value is -2.63. The van der Waals surface area contributed by atoms with Gasteiger partial charge in [0.1, 0.15) is 0 Å². The fraction of sp³-hybridized carbons (Fsp3) is 0.353. The molecule has 0 atom stereocenters. The Morgan fingerprint density at radius 2 is 2.13 bits per heavy atom. The molecule has 0 saturated heterocycles. The van der Waals surface area contributed by atoms with Crippen molar-refractivity contribution < 1.29 is 8.94 Å². The van der Waals surface area contributed by atoms with Gasteiger partial charge in [-0.05, 0) is 25.8 Å². The number of nitrogens with one attached hydrogen (secondary N) is 1. The van der Waals surface area contributed by atoms with Crippen LogP contribution in [0.1, 0.15) is 31.4 Å². The largest absolute Gasteiger partial charge is 0.472 e. The van der Waals surface area contributed by atoms with Gasteiger partial charge in [-0.2, -0.15) is 0 Å². The molecule has 0 radical (unpaired) electrons. The predicted octanol–water partition coefficient (Wildman–Crippen LogP) is 4.05. The molecule has 1 fully saturated rings. The molecular formula is C17H18N4O2. The van der Waals surface area contributed by atoms with Crippen LogP contribution < -0.4 is 5.32 Å². The zero-order valence-corrected chi connectivity index (χ0v) is 13.0. The van der Waals surface area contributed by atoms with Gasteiger partial charge < -0.3 is 14.3 Å². The normalized spacial score (nSPS) is 15.2. The summed E-state index contributed by atoms with van der Waals surface area (Å²) in [4.78, 5) is 9.15. The van der Waals surface area contributed by atoms with Gasteiger partial charge >= 0.3 is 0 Å². The molecule has 1 aliphatic carbocycles. The zero-order chi connectivity index (χ0) is 15.6. The molecule has 0 aliphatic heterocycles.